The van der Waals surface area contributed by atoms with E-state index in [4.69, 9.17) is 9.47 Å². The van der Waals surface area contributed by atoms with Crippen LogP contribution in [0.2, 0.25) is 0 Å². The number of sulfonamides is 1. The summed E-state index contributed by atoms with van der Waals surface area (Å²) in [4.78, 5) is 4.22. The van der Waals surface area contributed by atoms with E-state index < -0.39 is 15.6 Å². The SMILES string of the molecule is CN=C(NCc1ccc(C)cc1OCC1CCOC1)NCC(C)(C)NS(C)(=O)=O. The van der Waals surface area contributed by atoms with Crippen LogP contribution in [0.4, 0.5) is 0 Å². The Balaban J connectivity index is 1.92. The standard InChI is InChI=1S/C20H34N4O4S/c1-15-6-7-17(18(10-15)28-13-16-8-9-27-12-16)11-22-19(21-4)23-14-20(2,3)24-29(5,25)26/h6-7,10,16,24H,8-9,11-14H2,1-5H3,(H2,21,22,23). The summed E-state index contributed by atoms with van der Waals surface area (Å²) in [5, 5.41) is 6.43. The molecule has 164 valence electrons. The predicted octanol–water partition coefficient (Wildman–Crippen LogP) is 1.40. The summed E-state index contributed by atoms with van der Waals surface area (Å²) in [5.41, 5.74) is 1.53. The molecule has 0 amide bonds. The molecule has 0 saturated carbocycles. The first kappa shape index (κ1) is 23.4. The van der Waals surface area contributed by atoms with Crippen LogP contribution < -0.4 is 20.1 Å². The Labute approximate surface area is 174 Å². The molecule has 9 heteroatoms. The van der Waals surface area contributed by atoms with E-state index in [1.807, 2.05) is 32.9 Å². The van der Waals surface area contributed by atoms with Gasteiger partial charge in [0.05, 0.1) is 19.5 Å². The van der Waals surface area contributed by atoms with Crippen molar-refractivity contribution in [3.8, 4) is 5.75 Å². The maximum atomic E-state index is 11.5. The van der Waals surface area contributed by atoms with E-state index in [1.165, 1.54) is 0 Å². The molecule has 1 heterocycles. The van der Waals surface area contributed by atoms with Gasteiger partial charge in [-0.2, -0.15) is 0 Å². The van der Waals surface area contributed by atoms with E-state index in [0.29, 0.717) is 31.6 Å². The normalized spacial score (nSPS) is 18.0. The monoisotopic (exact) mass is 426 g/mol. The fraction of sp³-hybridized carbons (Fsp3) is 0.650. The minimum Gasteiger partial charge on any atom is -0.493 e. The highest BCUT2D eigenvalue weighted by Crippen LogP contribution is 2.22. The van der Waals surface area contributed by atoms with E-state index in [9.17, 15) is 8.42 Å². The quantitative estimate of drug-likeness (QED) is 0.408. The van der Waals surface area contributed by atoms with Crippen molar-refractivity contribution in [1.82, 2.24) is 15.4 Å². The molecule has 0 aromatic heterocycles. The Hall–Kier alpha value is -1.84. The van der Waals surface area contributed by atoms with Gasteiger partial charge in [-0.25, -0.2) is 13.1 Å². The zero-order valence-electron chi connectivity index (χ0n) is 18.0. The molecule has 1 aliphatic rings. The smallest absolute Gasteiger partial charge is 0.209 e. The second-order valence-electron chi connectivity index (χ2n) is 8.19. The van der Waals surface area contributed by atoms with Gasteiger partial charge in [0.15, 0.2) is 5.96 Å². The van der Waals surface area contributed by atoms with Crippen LogP contribution >= 0.6 is 0 Å². The van der Waals surface area contributed by atoms with E-state index in [1.54, 1.807) is 7.05 Å². The van der Waals surface area contributed by atoms with Crippen molar-refractivity contribution >= 4 is 16.0 Å². The number of ether oxygens (including phenoxy) is 2. The van der Waals surface area contributed by atoms with Crippen molar-refractivity contribution in [1.29, 1.82) is 0 Å². The summed E-state index contributed by atoms with van der Waals surface area (Å²) < 4.78 is 37.1. The van der Waals surface area contributed by atoms with Crippen molar-refractivity contribution in [3.05, 3.63) is 29.3 Å². The molecule has 1 aromatic carbocycles. The van der Waals surface area contributed by atoms with Crippen molar-refractivity contribution in [2.24, 2.45) is 10.9 Å². The topological polar surface area (TPSA) is 101 Å². The third-order valence-corrected chi connectivity index (χ3v) is 5.47. The van der Waals surface area contributed by atoms with Crippen LogP contribution in [0.15, 0.2) is 23.2 Å². The Kier molecular flexibility index (Phi) is 8.30. The molecule has 1 saturated heterocycles. The molecule has 29 heavy (non-hydrogen) atoms. The number of hydrogen-bond donors (Lipinski definition) is 3. The molecule has 0 aliphatic carbocycles. The van der Waals surface area contributed by atoms with Crippen molar-refractivity contribution in [2.75, 3.05) is 39.7 Å². The van der Waals surface area contributed by atoms with Crippen LogP contribution in [-0.4, -0.2) is 59.6 Å². The summed E-state index contributed by atoms with van der Waals surface area (Å²) in [5.74, 6) is 1.89. The summed E-state index contributed by atoms with van der Waals surface area (Å²) in [6.45, 7) is 8.81. The van der Waals surface area contributed by atoms with Crippen molar-refractivity contribution < 1.29 is 17.9 Å². The van der Waals surface area contributed by atoms with E-state index >= 15 is 0 Å². The van der Waals surface area contributed by atoms with E-state index in [-0.39, 0.29) is 0 Å². The molecular formula is C20H34N4O4S. The van der Waals surface area contributed by atoms with Crippen molar-refractivity contribution in [2.45, 2.75) is 39.3 Å². The van der Waals surface area contributed by atoms with Gasteiger partial charge in [-0.15, -0.1) is 0 Å². The van der Waals surface area contributed by atoms with Gasteiger partial charge in [0.25, 0.3) is 0 Å². The Morgan fingerprint density at radius 3 is 2.72 bits per heavy atom. The Bertz CT molecular complexity index is 803. The summed E-state index contributed by atoms with van der Waals surface area (Å²) in [6, 6.07) is 6.14. The van der Waals surface area contributed by atoms with Gasteiger partial charge in [0, 0.05) is 43.8 Å². The summed E-state index contributed by atoms with van der Waals surface area (Å²) in [6.07, 6.45) is 2.19. The summed E-state index contributed by atoms with van der Waals surface area (Å²) in [7, 11) is -1.61. The number of nitrogens with one attached hydrogen (secondary N) is 3. The van der Waals surface area contributed by atoms with Gasteiger partial charge in [-0.3, -0.25) is 4.99 Å². The molecule has 1 fully saturated rings. The molecule has 0 bridgehead atoms. The van der Waals surface area contributed by atoms with Crippen LogP contribution in [0.5, 0.6) is 5.75 Å². The number of hydrogen-bond acceptors (Lipinski definition) is 5. The fourth-order valence-electron chi connectivity index (χ4n) is 3.11. The highest BCUT2D eigenvalue weighted by atomic mass is 32.2. The zero-order chi connectivity index (χ0) is 21.5. The molecule has 1 unspecified atom stereocenters. The number of aliphatic imine (C=N–C) groups is 1. The van der Waals surface area contributed by atoms with Gasteiger partial charge in [-0.1, -0.05) is 12.1 Å². The second kappa shape index (κ2) is 10.3. The molecule has 2 rings (SSSR count). The highest BCUT2D eigenvalue weighted by molar-refractivity contribution is 7.88. The van der Waals surface area contributed by atoms with Gasteiger partial charge in [-0.05, 0) is 38.8 Å². The van der Waals surface area contributed by atoms with Gasteiger partial charge in [0.1, 0.15) is 5.75 Å². The van der Waals surface area contributed by atoms with Crippen LogP contribution in [0.1, 0.15) is 31.4 Å². The maximum absolute atomic E-state index is 11.5. The van der Waals surface area contributed by atoms with Gasteiger partial charge >= 0.3 is 0 Å². The van der Waals surface area contributed by atoms with Crippen molar-refractivity contribution in [3.63, 3.8) is 0 Å². The Morgan fingerprint density at radius 2 is 2.10 bits per heavy atom. The highest BCUT2D eigenvalue weighted by Gasteiger charge is 2.22. The molecule has 3 N–H and O–H groups in total. The number of aryl methyl sites for hydroxylation is 1. The third-order valence-electron chi connectivity index (χ3n) is 4.55. The predicted molar refractivity (Wildman–Crippen MR) is 116 cm³/mol. The minimum absolute atomic E-state index is 0.388. The molecule has 8 nitrogen and oxygen atoms in total. The van der Waals surface area contributed by atoms with Crippen LogP contribution in [-0.2, 0) is 21.3 Å². The van der Waals surface area contributed by atoms with Crippen LogP contribution in [0.25, 0.3) is 0 Å². The molecular weight excluding hydrogens is 392 g/mol. The van der Waals surface area contributed by atoms with E-state index in [2.05, 4.69) is 26.4 Å². The Morgan fingerprint density at radius 1 is 1.34 bits per heavy atom. The number of guanidine groups is 1. The fourth-order valence-corrected chi connectivity index (χ4v) is 4.18. The number of nitrogens with zero attached hydrogens (tertiary/aromatic N) is 1. The van der Waals surface area contributed by atoms with E-state index in [0.717, 1.165) is 42.8 Å². The third kappa shape index (κ3) is 8.59. The lowest BCUT2D eigenvalue weighted by Gasteiger charge is -2.26. The lowest BCUT2D eigenvalue weighted by Crippen LogP contribution is -2.52. The average Bonchev–Trinajstić information content (AvgIpc) is 3.12. The van der Waals surface area contributed by atoms with Gasteiger partial charge < -0.3 is 20.1 Å². The lowest BCUT2D eigenvalue weighted by atomic mass is 10.1. The first-order chi connectivity index (χ1) is 13.6. The molecule has 1 aromatic rings. The molecule has 0 radical (unpaired) electrons. The van der Waals surface area contributed by atoms with Gasteiger partial charge in [0.2, 0.25) is 10.0 Å². The largest absolute Gasteiger partial charge is 0.493 e. The zero-order valence-corrected chi connectivity index (χ0v) is 18.9. The molecule has 1 aliphatic heterocycles. The van der Waals surface area contributed by atoms with Crippen LogP contribution in [0.3, 0.4) is 0 Å². The van der Waals surface area contributed by atoms with Crippen LogP contribution in [0, 0.1) is 12.8 Å². The first-order valence-electron chi connectivity index (χ1n) is 9.81. The minimum atomic E-state index is -3.29. The second-order valence-corrected chi connectivity index (χ2v) is 9.94. The lowest BCUT2D eigenvalue weighted by molar-refractivity contribution is 0.166. The first-order valence-corrected chi connectivity index (χ1v) is 11.7. The molecule has 0 spiro atoms. The molecule has 1 atom stereocenters. The maximum Gasteiger partial charge on any atom is 0.209 e. The number of rotatable bonds is 9. The average molecular weight is 427 g/mol. The summed E-state index contributed by atoms with van der Waals surface area (Å²) >= 11 is 0. The number of benzene rings is 1.